The Balaban J connectivity index is 1.99. The average molecular weight is 224 g/mol. The van der Waals surface area contributed by atoms with Crippen LogP contribution in [-0.4, -0.2) is 11.4 Å². The lowest BCUT2D eigenvalue weighted by Crippen LogP contribution is -2.32. The van der Waals surface area contributed by atoms with Crippen molar-refractivity contribution in [1.82, 2.24) is 5.32 Å². The summed E-state index contributed by atoms with van der Waals surface area (Å²) in [6.45, 7) is 5.23. The van der Waals surface area contributed by atoms with Gasteiger partial charge in [-0.1, -0.05) is 29.3 Å². The van der Waals surface area contributed by atoms with Crippen LogP contribution in [0.4, 0.5) is 0 Å². The minimum atomic E-state index is 0.249. The Morgan fingerprint density at radius 2 is 1.80 bits per heavy atom. The lowest BCUT2D eigenvalue weighted by atomic mass is 10.1. The topological polar surface area (TPSA) is 12.0 Å². The summed E-state index contributed by atoms with van der Waals surface area (Å²) in [6, 6.07) is 6.69. The highest BCUT2D eigenvalue weighted by atomic mass is 35.5. The fraction of sp³-hybridized carbons (Fsp3) is 0.538. The van der Waals surface area contributed by atoms with Gasteiger partial charge in [-0.2, -0.15) is 0 Å². The minimum absolute atomic E-state index is 0.249. The molecule has 1 aromatic carbocycles. The standard InChI is InChI=1S/C13H18ClN/c1-10-5-11(2)7-12(6-10)8-15-13(9-14)3-4-13/h5-7,15H,3-4,8-9H2,1-2H3. The molecule has 0 unspecified atom stereocenters. The first-order chi connectivity index (χ1) is 7.13. The van der Waals surface area contributed by atoms with Crippen LogP contribution in [0.1, 0.15) is 29.5 Å². The molecule has 1 aromatic rings. The molecule has 2 rings (SSSR count). The van der Waals surface area contributed by atoms with Gasteiger partial charge in [-0.15, -0.1) is 11.6 Å². The summed E-state index contributed by atoms with van der Waals surface area (Å²) in [5.74, 6) is 0.734. The second-order valence-corrected chi connectivity index (χ2v) is 5.03. The zero-order valence-corrected chi connectivity index (χ0v) is 10.2. The molecule has 0 atom stereocenters. The van der Waals surface area contributed by atoms with Gasteiger partial charge in [-0.25, -0.2) is 0 Å². The maximum atomic E-state index is 5.92. The van der Waals surface area contributed by atoms with E-state index in [-0.39, 0.29) is 5.54 Å². The summed E-state index contributed by atoms with van der Waals surface area (Å²) in [6.07, 6.45) is 2.45. The third-order valence-corrected chi connectivity index (χ3v) is 3.57. The summed E-state index contributed by atoms with van der Waals surface area (Å²) in [7, 11) is 0. The Kier molecular flexibility index (Phi) is 3.03. The van der Waals surface area contributed by atoms with Crippen molar-refractivity contribution in [3.8, 4) is 0 Å². The van der Waals surface area contributed by atoms with E-state index in [4.69, 9.17) is 11.6 Å². The average Bonchev–Trinajstić information content (AvgIpc) is 2.94. The Morgan fingerprint density at radius 3 is 2.27 bits per heavy atom. The Bertz CT molecular complexity index is 335. The fourth-order valence-corrected chi connectivity index (χ4v) is 2.33. The Hall–Kier alpha value is -0.530. The van der Waals surface area contributed by atoms with Crippen LogP contribution in [0, 0.1) is 13.8 Å². The number of rotatable bonds is 4. The van der Waals surface area contributed by atoms with E-state index in [0.717, 1.165) is 12.4 Å². The lowest BCUT2D eigenvalue weighted by Gasteiger charge is -2.14. The number of hydrogen-bond acceptors (Lipinski definition) is 1. The summed E-state index contributed by atoms with van der Waals surface area (Å²) in [5, 5.41) is 3.56. The van der Waals surface area contributed by atoms with Crippen LogP contribution in [-0.2, 0) is 6.54 Å². The molecule has 2 heteroatoms. The third kappa shape index (κ3) is 2.73. The van der Waals surface area contributed by atoms with Gasteiger partial charge < -0.3 is 5.32 Å². The highest BCUT2D eigenvalue weighted by Gasteiger charge is 2.40. The second-order valence-electron chi connectivity index (χ2n) is 4.76. The monoisotopic (exact) mass is 223 g/mol. The van der Waals surface area contributed by atoms with Gasteiger partial charge in [0.1, 0.15) is 0 Å². The van der Waals surface area contributed by atoms with Gasteiger partial charge in [-0.3, -0.25) is 0 Å². The van der Waals surface area contributed by atoms with E-state index in [1.807, 2.05) is 0 Å². The predicted octanol–water partition coefficient (Wildman–Crippen LogP) is 3.16. The van der Waals surface area contributed by atoms with Gasteiger partial charge in [0.05, 0.1) is 0 Å². The van der Waals surface area contributed by atoms with Crippen molar-refractivity contribution in [2.75, 3.05) is 5.88 Å². The molecule has 82 valence electrons. The van der Waals surface area contributed by atoms with E-state index in [1.165, 1.54) is 29.5 Å². The van der Waals surface area contributed by atoms with Gasteiger partial charge in [0.25, 0.3) is 0 Å². The second kappa shape index (κ2) is 4.15. The van der Waals surface area contributed by atoms with Crippen LogP contribution in [0.25, 0.3) is 0 Å². The van der Waals surface area contributed by atoms with Crippen molar-refractivity contribution in [3.63, 3.8) is 0 Å². The molecule has 1 aliphatic rings. The molecular weight excluding hydrogens is 206 g/mol. The maximum absolute atomic E-state index is 5.92. The first-order valence-corrected chi connectivity index (χ1v) is 6.05. The molecule has 1 saturated carbocycles. The number of aryl methyl sites for hydroxylation is 2. The van der Waals surface area contributed by atoms with Gasteiger partial charge in [0, 0.05) is 18.0 Å². The van der Waals surface area contributed by atoms with E-state index in [9.17, 15) is 0 Å². The molecular formula is C13H18ClN. The van der Waals surface area contributed by atoms with E-state index >= 15 is 0 Å². The normalized spacial score (nSPS) is 17.8. The third-order valence-electron chi connectivity index (χ3n) is 3.06. The molecule has 15 heavy (non-hydrogen) atoms. The fourth-order valence-electron chi connectivity index (χ4n) is 1.97. The zero-order chi connectivity index (χ0) is 10.9. The van der Waals surface area contributed by atoms with Gasteiger partial charge in [0.15, 0.2) is 0 Å². The minimum Gasteiger partial charge on any atom is -0.306 e. The molecule has 0 aromatic heterocycles. The molecule has 0 spiro atoms. The van der Waals surface area contributed by atoms with E-state index < -0.39 is 0 Å². The van der Waals surface area contributed by atoms with Gasteiger partial charge in [0.2, 0.25) is 0 Å². The first kappa shape index (κ1) is 11.0. The van der Waals surface area contributed by atoms with E-state index in [1.54, 1.807) is 0 Å². The zero-order valence-electron chi connectivity index (χ0n) is 9.44. The Labute approximate surface area is 96.8 Å². The SMILES string of the molecule is Cc1cc(C)cc(CNC2(CCl)CC2)c1. The molecule has 1 fully saturated rings. The van der Waals surface area contributed by atoms with Crippen LogP contribution < -0.4 is 5.32 Å². The quantitative estimate of drug-likeness (QED) is 0.774. The molecule has 0 radical (unpaired) electrons. The van der Waals surface area contributed by atoms with Crippen LogP contribution in [0.2, 0.25) is 0 Å². The molecule has 1 nitrogen and oxygen atoms in total. The summed E-state index contributed by atoms with van der Waals surface area (Å²) in [5.41, 5.74) is 4.29. The number of nitrogens with one attached hydrogen (secondary N) is 1. The lowest BCUT2D eigenvalue weighted by molar-refractivity contribution is 0.542. The molecule has 0 aliphatic heterocycles. The van der Waals surface area contributed by atoms with Crippen LogP contribution in [0.15, 0.2) is 18.2 Å². The molecule has 0 bridgehead atoms. The van der Waals surface area contributed by atoms with Crippen molar-refractivity contribution in [2.24, 2.45) is 0 Å². The van der Waals surface area contributed by atoms with Crippen molar-refractivity contribution in [1.29, 1.82) is 0 Å². The summed E-state index contributed by atoms with van der Waals surface area (Å²) < 4.78 is 0. The van der Waals surface area contributed by atoms with E-state index in [2.05, 4.69) is 37.4 Å². The summed E-state index contributed by atoms with van der Waals surface area (Å²) >= 11 is 5.92. The largest absolute Gasteiger partial charge is 0.306 e. The van der Waals surface area contributed by atoms with Crippen LogP contribution in [0.5, 0.6) is 0 Å². The van der Waals surface area contributed by atoms with Crippen LogP contribution >= 0.6 is 11.6 Å². The first-order valence-electron chi connectivity index (χ1n) is 5.52. The molecule has 0 saturated heterocycles. The number of alkyl halides is 1. The van der Waals surface area contributed by atoms with Crippen molar-refractivity contribution in [2.45, 2.75) is 38.8 Å². The summed E-state index contributed by atoms with van der Waals surface area (Å²) in [4.78, 5) is 0. The van der Waals surface area contributed by atoms with Crippen molar-refractivity contribution < 1.29 is 0 Å². The molecule has 1 N–H and O–H groups in total. The highest BCUT2D eigenvalue weighted by molar-refractivity contribution is 6.18. The molecule has 1 aliphatic carbocycles. The molecule has 0 heterocycles. The van der Waals surface area contributed by atoms with E-state index in [0.29, 0.717) is 0 Å². The maximum Gasteiger partial charge on any atom is 0.0406 e. The van der Waals surface area contributed by atoms with Gasteiger partial charge >= 0.3 is 0 Å². The smallest absolute Gasteiger partial charge is 0.0406 e. The highest BCUT2D eigenvalue weighted by Crippen LogP contribution is 2.36. The van der Waals surface area contributed by atoms with Crippen LogP contribution in [0.3, 0.4) is 0 Å². The van der Waals surface area contributed by atoms with Crippen molar-refractivity contribution >= 4 is 11.6 Å². The molecule has 0 amide bonds. The number of halogens is 1. The van der Waals surface area contributed by atoms with Gasteiger partial charge in [-0.05, 0) is 32.3 Å². The number of benzene rings is 1. The number of hydrogen-bond donors (Lipinski definition) is 1. The Morgan fingerprint density at radius 1 is 1.20 bits per heavy atom. The van der Waals surface area contributed by atoms with Crippen molar-refractivity contribution in [3.05, 3.63) is 34.9 Å². The predicted molar refractivity (Wildman–Crippen MR) is 65.4 cm³/mol.